The summed E-state index contributed by atoms with van der Waals surface area (Å²) in [5.41, 5.74) is 1.11. The van der Waals surface area contributed by atoms with Gasteiger partial charge in [0.25, 0.3) is 0 Å². The van der Waals surface area contributed by atoms with Crippen molar-refractivity contribution in [1.82, 2.24) is 0 Å². The highest BCUT2D eigenvalue weighted by Gasteiger charge is 2.16. The second-order valence-corrected chi connectivity index (χ2v) is 4.15. The van der Waals surface area contributed by atoms with Crippen LogP contribution in [0.1, 0.15) is 5.56 Å². The van der Waals surface area contributed by atoms with Crippen LogP contribution in [0.4, 0.5) is 5.69 Å². The van der Waals surface area contributed by atoms with Crippen LogP contribution in [0.2, 0.25) is 0 Å². The Hall–Kier alpha value is -1.58. The topological polar surface area (TPSA) is 82.3 Å². The van der Waals surface area contributed by atoms with Crippen molar-refractivity contribution in [2.75, 3.05) is 19.0 Å². The van der Waals surface area contributed by atoms with E-state index in [4.69, 9.17) is 15.1 Å². The molecule has 1 aromatic rings. The highest BCUT2D eigenvalue weighted by molar-refractivity contribution is 9.10. The van der Waals surface area contributed by atoms with Crippen LogP contribution >= 0.6 is 15.9 Å². The Morgan fingerprint density at radius 1 is 1.71 bits per heavy atom. The van der Waals surface area contributed by atoms with Crippen LogP contribution in [-0.2, 0) is 9.53 Å². The summed E-state index contributed by atoms with van der Waals surface area (Å²) in [6, 6.07) is 6.10. The average Bonchev–Trinajstić information content (AvgIpc) is 2.28. The number of carbonyl (C=O) groups is 1. The van der Waals surface area contributed by atoms with Gasteiger partial charge < -0.3 is 15.2 Å². The zero-order valence-corrected chi connectivity index (χ0v) is 10.7. The molecule has 0 aliphatic rings. The molecule has 0 saturated carbocycles. The van der Waals surface area contributed by atoms with E-state index in [1.807, 2.05) is 6.07 Å². The Morgan fingerprint density at radius 3 is 2.88 bits per heavy atom. The lowest BCUT2D eigenvalue weighted by Gasteiger charge is -2.15. The number of rotatable bonds is 5. The fourth-order valence-electron chi connectivity index (χ4n) is 1.24. The van der Waals surface area contributed by atoms with E-state index in [2.05, 4.69) is 21.2 Å². The number of benzene rings is 1. The molecule has 0 heterocycles. The van der Waals surface area contributed by atoms with Crippen molar-refractivity contribution in [3.8, 4) is 6.07 Å². The molecule has 0 aliphatic heterocycles. The van der Waals surface area contributed by atoms with Crippen LogP contribution in [0.3, 0.4) is 0 Å². The van der Waals surface area contributed by atoms with Gasteiger partial charge >= 0.3 is 5.97 Å². The van der Waals surface area contributed by atoms with Crippen LogP contribution < -0.4 is 5.32 Å². The number of ether oxygens (including phenoxy) is 1. The van der Waals surface area contributed by atoms with Crippen LogP contribution in [-0.4, -0.2) is 30.8 Å². The third kappa shape index (κ3) is 3.73. The van der Waals surface area contributed by atoms with Gasteiger partial charge in [-0.25, -0.2) is 4.79 Å². The fourth-order valence-corrected chi connectivity index (χ4v) is 1.71. The standard InChI is InChI=1S/C11H11BrN2O3/c1-17-6-10(11(15)16)14-8-3-2-7(5-13)9(12)4-8/h2-4,10,14H,6H2,1H3,(H,15,16). The SMILES string of the molecule is COCC(Nc1ccc(C#N)c(Br)c1)C(=O)O. The van der Waals surface area contributed by atoms with Gasteiger partial charge in [-0.05, 0) is 34.1 Å². The molecule has 0 fully saturated rings. The van der Waals surface area contributed by atoms with Crippen LogP contribution in [0.15, 0.2) is 22.7 Å². The minimum atomic E-state index is -0.993. The molecule has 6 heteroatoms. The molecule has 1 aromatic carbocycles. The van der Waals surface area contributed by atoms with Crippen molar-refractivity contribution in [1.29, 1.82) is 5.26 Å². The minimum absolute atomic E-state index is 0.0625. The predicted octanol–water partition coefficient (Wildman–Crippen LogP) is 1.83. The van der Waals surface area contributed by atoms with Crippen molar-refractivity contribution < 1.29 is 14.6 Å². The van der Waals surface area contributed by atoms with E-state index < -0.39 is 12.0 Å². The number of nitriles is 1. The lowest BCUT2D eigenvalue weighted by atomic mass is 10.2. The lowest BCUT2D eigenvalue weighted by Crippen LogP contribution is -2.33. The Bertz CT molecular complexity index is 457. The number of carboxylic acids is 1. The van der Waals surface area contributed by atoms with Crippen molar-refractivity contribution in [3.05, 3.63) is 28.2 Å². The van der Waals surface area contributed by atoms with Gasteiger partial charge in [-0.1, -0.05) is 0 Å². The number of nitrogens with zero attached hydrogens (tertiary/aromatic N) is 1. The molecule has 1 unspecified atom stereocenters. The van der Waals surface area contributed by atoms with Crippen LogP contribution in [0.5, 0.6) is 0 Å². The molecule has 0 amide bonds. The van der Waals surface area contributed by atoms with Crippen molar-refractivity contribution in [2.24, 2.45) is 0 Å². The van der Waals surface area contributed by atoms with E-state index in [1.165, 1.54) is 7.11 Å². The predicted molar refractivity (Wildman–Crippen MR) is 65.8 cm³/mol. The first-order valence-electron chi connectivity index (χ1n) is 4.76. The monoisotopic (exact) mass is 298 g/mol. The van der Waals surface area contributed by atoms with Gasteiger partial charge in [-0.3, -0.25) is 0 Å². The van der Waals surface area contributed by atoms with Gasteiger partial charge in [0.15, 0.2) is 0 Å². The number of methoxy groups -OCH3 is 1. The Labute approximate surface area is 107 Å². The largest absolute Gasteiger partial charge is 0.480 e. The fraction of sp³-hybridized carbons (Fsp3) is 0.273. The molecule has 0 aromatic heterocycles. The molecule has 1 rings (SSSR count). The molecule has 5 nitrogen and oxygen atoms in total. The molecule has 0 aliphatic carbocycles. The highest BCUT2D eigenvalue weighted by atomic mass is 79.9. The van der Waals surface area contributed by atoms with Crippen molar-refractivity contribution >= 4 is 27.6 Å². The Morgan fingerprint density at radius 2 is 2.41 bits per heavy atom. The number of halogens is 1. The van der Waals surface area contributed by atoms with E-state index in [0.29, 0.717) is 15.7 Å². The van der Waals surface area contributed by atoms with E-state index in [9.17, 15) is 4.79 Å². The summed E-state index contributed by atoms with van der Waals surface area (Å²) in [6.45, 7) is 0.0625. The molecule has 0 bridgehead atoms. The van der Waals surface area contributed by atoms with Gasteiger partial charge in [0.2, 0.25) is 0 Å². The quantitative estimate of drug-likeness (QED) is 0.866. The van der Waals surface area contributed by atoms with Gasteiger partial charge in [-0.2, -0.15) is 5.26 Å². The first kappa shape index (κ1) is 13.5. The van der Waals surface area contributed by atoms with E-state index in [-0.39, 0.29) is 6.61 Å². The smallest absolute Gasteiger partial charge is 0.328 e. The number of carboxylic acid groups (broad SMARTS) is 1. The molecule has 90 valence electrons. The maximum absolute atomic E-state index is 10.9. The third-order valence-electron chi connectivity index (χ3n) is 2.06. The molecule has 2 N–H and O–H groups in total. The minimum Gasteiger partial charge on any atom is -0.480 e. The summed E-state index contributed by atoms with van der Waals surface area (Å²) in [6.07, 6.45) is 0. The summed E-state index contributed by atoms with van der Waals surface area (Å²) in [7, 11) is 1.44. The summed E-state index contributed by atoms with van der Waals surface area (Å²) < 4.78 is 5.42. The van der Waals surface area contributed by atoms with Gasteiger partial charge in [0.05, 0.1) is 12.2 Å². The molecule has 0 radical (unpaired) electrons. The number of hydrogen-bond acceptors (Lipinski definition) is 4. The Balaban J connectivity index is 2.84. The normalized spacial score (nSPS) is 11.6. The van der Waals surface area contributed by atoms with Gasteiger partial charge in [0.1, 0.15) is 12.1 Å². The summed E-state index contributed by atoms with van der Waals surface area (Å²) in [5.74, 6) is -0.993. The molecule has 1 atom stereocenters. The van der Waals surface area contributed by atoms with Crippen molar-refractivity contribution in [3.63, 3.8) is 0 Å². The van der Waals surface area contributed by atoms with E-state index >= 15 is 0 Å². The maximum Gasteiger partial charge on any atom is 0.328 e. The van der Waals surface area contributed by atoms with Crippen LogP contribution in [0.25, 0.3) is 0 Å². The van der Waals surface area contributed by atoms with Gasteiger partial charge in [-0.15, -0.1) is 0 Å². The van der Waals surface area contributed by atoms with Gasteiger partial charge in [0, 0.05) is 17.3 Å². The molecule has 0 spiro atoms. The maximum atomic E-state index is 10.9. The third-order valence-corrected chi connectivity index (χ3v) is 2.72. The number of anilines is 1. The van der Waals surface area contributed by atoms with Crippen molar-refractivity contribution in [2.45, 2.75) is 6.04 Å². The number of aliphatic carboxylic acids is 1. The second kappa shape index (κ2) is 6.23. The summed E-state index contributed by atoms with van der Waals surface area (Å²) >= 11 is 3.23. The molecule has 17 heavy (non-hydrogen) atoms. The lowest BCUT2D eigenvalue weighted by molar-refractivity contribution is -0.139. The molecular weight excluding hydrogens is 288 g/mol. The van der Waals surface area contributed by atoms with E-state index in [0.717, 1.165) is 0 Å². The Kier molecular flexibility index (Phi) is 4.94. The highest BCUT2D eigenvalue weighted by Crippen LogP contribution is 2.21. The zero-order valence-electron chi connectivity index (χ0n) is 9.11. The zero-order chi connectivity index (χ0) is 12.8. The molecular formula is C11H11BrN2O3. The second-order valence-electron chi connectivity index (χ2n) is 3.30. The summed E-state index contributed by atoms with van der Waals surface area (Å²) in [5, 5.41) is 20.5. The number of nitrogens with one attached hydrogen (secondary N) is 1. The first-order chi connectivity index (χ1) is 8.08. The average molecular weight is 299 g/mol. The molecule has 0 saturated heterocycles. The van der Waals surface area contributed by atoms with E-state index in [1.54, 1.807) is 18.2 Å². The van der Waals surface area contributed by atoms with Crippen LogP contribution in [0, 0.1) is 11.3 Å². The summed E-state index contributed by atoms with van der Waals surface area (Å²) in [4.78, 5) is 10.9. The number of hydrogen-bond donors (Lipinski definition) is 2. The first-order valence-corrected chi connectivity index (χ1v) is 5.55.